The maximum absolute atomic E-state index is 12.5. The van der Waals surface area contributed by atoms with Crippen molar-refractivity contribution in [3.05, 3.63) is 65.4 Å². The van der Waals surface area contributed by atoms with E-state index in [1.807, 2.05) is 12.1 Å². The molecule has 1 aliphatic rings. The van der Waals surface area contributed by atoms with Crippen molar-refractivity contribution < 1.29 is 18.8 Å². The number of benzene rings is 2. The van der Waals surface area contributed by atoms with Gasteiger partial charge in [0.25, 0.3) is 5.91 Å². The molecule has 0 radical (unpaired) electrons. The number of nitrogens with zero attached hydrogens (tertiary/aromatic N) is 1. The van der Waals surface area contributed by atoms with E-state index < -0.39 is 0 Å². The SMILES string of the molecule is COc1cc(CNC(=O)c2cc(-c3ccc(C4CCCCC4)cc3)on2)cc(OC)c1. The molecule has 6 nitrogen and oxygen atoms in total. The van der Waals surface area contributed by atoms with Crippen molar-refractivity contribution in [2.45, 2.75) is 44.6 Å². The van der Waals surface area contributed by atoms with E-state index in [0.29, 0.717) is 29.7 Å². The fourth-order valence-corrected chi connectivity index (χ4v) is 4.12. The Morgan fingerprint density at radius 3 is 2.32 bits per heavy atom. The van der Waals surface area contributed by atoms with Crippen molar-refractivity contribution in [1.29, 1.82) is 0 Å². The van der Waals surface area contributed by atoms with Gasteiger partial charge in [-0.25, -0.2) is 0 Å². The van der Waals surface area contributed by atoms with E-state index >= 15 is 0 Å². The molecule has 1 aliphatic carbocycles. The molecule has 1 N–H and O–H groups in total. The minimum Gasteiger partial charge on any atom is -0.497 e. The van der Waals surface area contributed by atoms with Crippen molar-refractivity contribution in [2.24, 2.45) is 0 Å². The second-order valence-electron chi connectivity index (χ2n) is 7.94. The molecular weight excluding hydrogens is 392 g/mol. The molecule has 6 heteroatoms. The fraction of sp³-hybridized carbons (Fsp3) is 0.360. The Bertz CT molecular complexity index is 998. The van der Waals surface area contributed by atoms with Crippen LogP contribution in [0.3, 0.4) is 0 Å². The van der Waals surface area contributed by atoms with Crippen LogP contribution in [-0.4, -0.2) is 25.3 Å². The summed E-state index contributed by atoms with van der Waals surface area (Å²) in [7, 11) is 3.19. The lowest BCUT2D eigenvalue weighted by atomic mass is 9.84. The molecule has 0 spiro atoms. The van der Waals surface area contributed by atoms with Gasteiger partial charge in [-0.3, -0.25) is 4.79 Å². The number of ether oxygens (including phenoxy) is 2. The molecule has 0 unspecified atom stereocenters. The van der Waals surface area contributed by atoms with Gasteiger partial charge in [0.2, 0.25) is 0 Å². The molecule has 1 heterocycles. The maximum atomic E-state index is 12.5. The summed E-state index contributed by atoms with van der Waals surface area (Å²) in [4.78, 5) is 12.5. The van der Waals surface area contributed by atoms with Crippen LogP contribution in [0.2, 0.25) is 0 Å². The highest BCUT2D eigenvalue weighted by atomic mass is 16.5. The van der Waals surface area contributed by atoms with Crippen molar-refractivity contribution in [3.63, 3.8) is 0 Å². The first-order valence-electron chi connectivity index (χ1n) is 10.7. The second kappa shape index (κ2) is 9.69. The third-order valence-corrected chi connectivity index (χ3v) is 5.88. The molecule has 0 saturated heterocycles. The van der Waals surface area contributed by atoms with Crippen LogP contribution >= 0.6 is 0 Å². The van der Waals surface area contributed by atoms with Crippen LogP contribution in [0.15, 0.2) is 53.1 Å². The lowest BCUT2D eigenvalue weighted by molar-refractivity contribution is 0.0942. The molecule has 0 atom stereocenters. The highest BCUT2D eigenvalue weighted by Crippen LogP contribution is 2.33. The zero-order valence-corrected chi connectivity index (χ0v) is 18.0. The smallest absolute Gasteiger partial charge is 0.273 e. The molecule has 1 amide bonds. The summed E-state index contributed by atoms with van der Waals surface area (Å²) in [5.41, 5.74) is 3.42. The van der Waals surface area contributed by atoms with E-state index in [4.69, 9.17) is 14.0 Å². The number of amides is 1. The number of nitrogens with one attached hydrogen (secondary N) is 1. The normalized spacial score (nSPS) is 14.3. The van der Waals surface area contributed by atoms with E-state index in [9.17, 15) is 4.79 Å². The molecule has 1 fully saturated rings. The molecule has 3 aromatic rings. The summed E-state index contributed by atoms with van der Waals surface area (Å²) in [6.45, 7) is 0.324. The molecule has 0 bridgehead atoms. The van der Waals surface area contributed by atoms with Crippen molar-refractivity contribution in [3.8, 4) is 22.8 Å². The molecule has 0 aliphatic heterocycles. The number of hydrogen-bond acceptors (Lipinski definition) is 5. The summed E-state index contributed by atoms with van der Waals surface area (Å²) in [5.74, 6) is 2.29. The summed E-state index contributed by atoms with van der Waals surface area (Å²) >= 11 is 0. The van der Waals surface area contributed by atoms with Gasteiger partial charge < -0.3 is 19.3 Å². The predicted octanol–water partition coefficient (Wildman–Crippen LogP) is 5.34. The first-order valence-corrected chi connectivity index (χ1v) is 10.7. The second-order valence-corrected chi connectivity index (χ2v) is 7.94. The zero-order valence-electron chi connectivity index (χ0n) is 18.0. The highest BCUT2D eigenvalue weighted by Gasteiger charge is 2.17. The van der Waals surface area contributed by atoms with E-state index in [0.717, 1.165) is 11.1 Å². The number of aromatic nitrogens is 1. The molecule has 1 saturated carbocycles. The molecule has 162 valence electrons. The van der Waals surface area contributed by atoms with Gasteiger partial charge in [-0.15, -0.1) is 0 Å². The predicted molar refractivity (Wildman–Crippen MR) is 118 cm³/mol. The lowest BCUT2D eigenvalue weighted by Crippen LogP contribution is -2.23. The standard InChI is InChI=1S/C25H28N2O4/c1-29-21-12-17(13-22(14-21)30-2)16-26-25(28)23-15-24(31-27-23)20-10-8-19(9-11-20)18-6-4-3-5-7-18/h8-15,18H,3-7,16H2,1-2H3,(H,26,28). The molecule has 4 rings (SSSR count). The Morgan fingerprint density at radius 1 is 1.00 bits per heavy atom. The fourth-order valence-electron chi connectivity index (χ4n) is 4.12. The Balaban J connectivity index is 1.39. The van der Waals surface area contributed by atoms with Gasteiger partial charge >= 0.3 is 0 Å². The van der Waals surface area contributed by atoms with Gasteiger partial charge in [0.15, 0.2) is 11.5 Å². The summed E-state index contributed by atoms with van der Waals surface area (Å²) in [5, 5.41) is 6.81. The number of methoxy groups -OCH3 is 2. The summed E-state index contributed by atoms with van der Waals surface area (Å²) in [6.07, 6.45) is 6.52. The highest BCUT2D eigenvalue weighted by molar-refractivity contribution is 5.93. The minimum absolute atomic E-state index is 0.251. The van der Waals surface area contributed by atoms with Crippen LogP contribution in [0.25, 0.3) is 11.3 Å². The van der Waals surface area contributed by atoms with Crippen LogP contribution in [0.5, 0.6) is 11.5 Å². The number of hydrogen-bond donors (Lipinski definition) is 1. The lowest BCUT2D eigenvalue weighted by Gasteiger charge is -2.21. The van der Waals surface area contributed by atoms with Crippen molar-refractivity contribution >= 4 is 5.91 Å². The van der Waals surface area contributed by atoms with Crippen LogP contribution in [0, 0.1) is 0 Å². The maximum Gasteiger partial charge on any atom is 0.273 e. The van der Waals surface area contributed by atoms with Crippen LogP contribution in [0.4, 0.5) is 0 Å². The van der Waals surface area contributed by atoms with Crippen LogP contribution in [-0.2, 0) is 6.54 Å². The monoisotopic (exact) mass is 420 g/mol. The van der Waals surface area contributed by atoms with Gasteiger partial charge in [0, 0.05) is 24.2 Å². The summed E-state index contributed by atoms with van der Waals surface area (Å²) < 4.78 is 16.0. The van der Waals surface area contributed by atoms with Gasteiger partial charge in [-0.2, -0.15) is 0 Å². The Hall–Kier alpha value is -3.28. The minimum atomic E-state index is -0.296. The number of carbonyl (C=O) groups is 1. The first kappa shape index (κ1) is 21.0. The van der Waals surface area contributed by atoms with Gasteiger partial charge in [0.1, 0.15) is 11.5 Å². The molecule has 2 aromatic carbocycles. The topological polar surface area (TPSA) is 73.6 Å². The molecular formula is C25H28N2O4. The van der Waals surface area contributed by atoms with Crippen molar-refractivity contribution in [2.75, 3.05) is 14.2 Å². The van der Waals surface area contributed by atoms with E-state index in [1.54, 1.807) is 26.4 Å². The Morgan fingerprint density at radius 2 is 1.68 bits per heavy atom. The van der Waals surface area contributed by atoms with Crippen LogP contribution < -0.4 is 14.8 Å². The van der Waals surface area contributed by atoms with E-state index in [1.165, 1.54) is 37.7 Å². The first-order chi connectivity index (χ1) is 15.2. The van der Waals surface area contributed by atoms with Crippen LogP contribution in [0.1, 0.15) is 59.6 Å². The quantitative estimate of drug-likeness (QED) is 0.559. The average molecular weight is 421 g/mol. The molecule has 31 heavy (non-hydrogen) atoms. The largest absolute Gasteiger partial charge is 0.497 e. The van der Waals surface area contributed by atoms with E-state index in [-0.39, 0.29) is 11.6 Å². The summed E-state index contributed by atoms with van der Waals surface area (Å²) in [6, 6.07) is 15.6. The van der Waals surface area contributed by atoms with Crippen molar-refractivity contribution in [1.82, 2.24) is 10.5 Å². The van der Waals surface area contributed by atoms with Gasteiger partial charge in [-0.05, 0) is 42.0 Å². The third-order valence-electron chi connectivity index (χ3n) is 5.88. The van der Waals surface area contributed by atoms with Gasteiger partial charge in [0.05, 0.1) is 14.2 Å². The van der Waals surface area contributed by atoms with E-state index in [2.05, 4.69) is 34.7 Å². The number of carbonyl (C=O) groups excluding carboxylic acids is 1. The number of rotatable bonds is 7. The Labute approximate surface area is 182 Å². The van der Waals surface area contributed by atoms with Gasteiger partial charge in [-0.1, -0.05) is 48.7 Å². The average Bonchev–Trinajstić information content (AvgIpc) is 3.33. The zero-order chi connectivity index (χ0) is 21.6. The Kier molecular flexibility index (Phi) is 6.55. The third kappa shape index (κ3) is 5.08. The molecule has 1 aromatic heterocycles.